The van der Waals surface area contributed by atoms with Crippen molar-refractivity contribution in [3.8, 4) is 5.75 Å². The fourth-order valence-electron chi connectivity index (χ4n) is 3.15. The van der Waals surface area contributed by atoms with Gasteiger partial charge in [-0.05, 0) is 63.8 Å². The minimum absolute atomic E-state index is 0.107. The lowest BCUT2D eigenvalue weighted by molar-refractivity contribution is 0.229. The Morgan fingerprint density at radius 1 is 1.32 bits per heavy atom. The van der Waals surface area contributed by atoms with Crippen LogP contribution in [0.3, 0.4) is 0 Å². The quantitative estimate of drug-likeness (QED) is 0.886. The molecule has 1 aromatic carbocycles. The van der Waals surface area contributed by atoms with E-state index in [1.165, 1.54) is 5.69 Å². The molecule has 0 saturated carbocycles. The van der Waals surface area contributed by atoms with E-state index in [-0.39, 0.29) is 12.1 Å². The summed E-state index contributed by atoms with van der Waals surface area (Å²) in [5.74, 6) is 1.49. The number of hydrogen-bond acceptors (Lipinski definition) is 3. The van der Waals surface area contributed by atoms with E-state index in [0.717, 1.165) is 25.1 Å². The molecule has 0 spiro atoms. The maximum absolute atomic E-state index is 9.18. The van der Waals surface area contributed by atoms with Gasteiger partial charge < -0.3 is 14.7 Å². The zero-order chi connectivity index (χ0) is 13.9. The van der Waals surface area contributed by atoms with Crippen LogP contribution in [0.5, 0.6) is 5.75 Å². The van der Waals surface area contributed by atoms with Gasteiger partial charge in [0.2, 0.25) is 0 Å². The van der Waals surface area contributed by atoms with Gasteiger partial charge in [0.1, 0.15) is 5.75 Å². The number of benzene rings is 1. The molecule has 0 amide bonds. The molecule has 0 radical (unpaired) electrons. The van der Waals surface area contributed by atoms with Crippen LogP contribution in [0, 0.1) is 5.92 Å². The van der Waals surface area contributed by atoms with Crippen LogP contribution in [0.1, 0.15) is 33.6 Å². The maximum Gasteiger partial charge on any atom is 0.119 e. The molecule has 1 heterocycles. The molecular weight excluding hydrogens is 238 g/mol. The van der Waals surface area contributed by atoms with Crippen molar-refractivity contribution in [3.63, 3.8) is 0 Å². The fourth-order valence-corrected chi connectivity index (χ4v) is 3.15. The van der Waals surface area contributed by atoms with Gasteiger partial charge >= 0.3 is 0 Å². The van der Waals surface area contributed by atoms with E-state index in [2.05, 4.69) is 30.9 Å². The Kier molecular flexibility index (Phi) is 4.35. The zero-order valence-electron chi connectivity index (χ0n) is 12.2. The highest BCUT2D eigenvalue weighted by Gasteiger charge is 2.40. The highest BCUT2D eigenvalue weighted by molar-refractivity contribution is 5.52. The topological polar surface area (TPSA) is 32.7 Å². The van der Waals surface area contributed by atoms with Crippen molar-refractivity contribution in [3.05, 3.63) is 24.3 Å². The number of aliphatic hydroxyl groups is 1. The molecular formula is C16H25NO2. The summed E-state index contributed by atoms with van der Waals surface area (Å²) in [5.41, 5.74) is 1.35. The number of ether oxygens (including phenoxy) is 1. The molecule has 1 aromatic rings. The van der Waals surface area contributed by atoms with Crippen molar-refractivity contribution in [1.82, 2.24) is 0 Å². The zero-order valence-corrected chi connectivity index (χ0v) is 12.2. The number of anilines is 1. The third-order valence-electron chi connectivity index (χ3n) is 4.33. The second kappa shape index (κ2) is 5.83. The van der Waals surface area contributed by atoms with Crippen LogP contribution >= 0.6 is 0 Å². The molecule has 2 rings (SSSR count). The fraction of sp³-hybridized carbons (Fsp3) is 0.625. The van der Waals surface area contributed by atoms with Crippen LogP contribution in [-0.4, -0.2) is 30.4 Å². The van der Waals surface area contributed by atoms with Crippen molar-refractivity contribution in [1.29, 1.82) is 0 Å². The van der Waals surface area contributed by atoms with E-state index in [9.17, 15) is 5.11 Å². The summed E-state index contributed by atoms with van der Waals surface area (Å²) in [4.78, 5) is 2.45. The minimum atomic E-state index is 0.107. The highest BCUT2D eigenvalue weighted by atomic mass is 16.5. The van der Waals surface area contributed by atoms with E-state index < -0.39 is 0 Å². The third-order valence-corrected chi connectivity index (χ3v) is 4.33. The first-order valence-corrected chi connectivity index (χ1v) is 7.21. The van der Waals surface area contributed by atoms with Crippen LogP contribution < -0.4 is 9.64 Å². The van der Waals surface area contributed by atoms with Gasteiger partial charge in [0.05, 0.1) is 6.61 Å². The average molecular weight is 263 g/mol. The van der Waals surface area contributed by atoms with Crippen molar-refractivity contribution in [2.45, 2.75) is 39.2 Å². The third kappa shape index (κ3) is 2.86. The first kappa shape index (κ1) is 14.2. The monoisotopic (exact) mass is 263 g/mol. The second-order valence-corrected chi connectivity index (χ2v) is 5.73. The molecule has 106 valence electrons. The van der Waals surface area contributed by atoms with Crippen LogP contribution in [-0.2, 0) is 0 Å². The van der Waals surface area contributed by atoms with Gasteiger partial charge in [-0.15, -0.1) is 0 Å². The molecule has 0 bridgehead atoms. The summed E-state index contributed by atoms with van der Waals surface area (Å²) in [6, 6.07) is 8.34. The average Bonchev–Trinajstić information content (AvgIpc) is 2.67. The van der Waals surface area contributed by atoms with E-state index in [1.54, 1.807) is 0 Å². The lowest BCUT2D eigenvalue weighted by Crippen LogP contribution is -2.42. The molecule has 1 atom stereocenters. The molecule has 0 aromatic heterocycles. The SMILES string of the molecule is CCOc1ccc(N2CCC(CCO)C2(C)C)cc1. The Morgan fingerprint density at radius 3 is 2.58 bits per heavy atom. The Balaban J connectivity index is 2.13. The van der Waals surface area contributed by atoms with Crippen molar-refractivity contribution < 1.29 is 9.84 Å². The molecule has 1 fully saturated rings. The van der Waals surface area contributed by atoms with Crippen molar-refractivity contribution in [2.24, 2.45) is 5.92 Å². The summed E-state index contributed by atoms with van der Waals surface area (Å²) in [6.07, 6.45) is 2.04. The molecule has 1 N–H and O–H groups in total. The van der Waals surface area contributed by atoms with Gasteiger partial charge in [0.25, 0.3) is 0 Å². The van der Waals surface area contributed by atoms with Crippen LogP contribution in [0.4, 0.5) is 5.69 Å². The first-order valence-electron chi connectivity index (χ1n) is 7.21. The van der Waals surface area contributed by atoms with Crippen LogP contribution in [0.25, 0.3) is 0 Å². The van der Waals surface area contributed by atoms with Gasteiger partial charge in [-0.1, -0.05) is 0 Å². The van der Waals surface area contributed by atoms with E-state index in [4.69, 9.17) is 4.74 Å². The number of rotatable bonds is 5. The van der Waals surface area contributed by atoms with Gasteiger partial charge in [-0.2, -0.15) is 0 Å². The molecule has 0 aliphatic carbocycles. The molecule has 3 heteroatoms. The van der Waals surface area contributed by atoms with Gasteiger partial charge in [-0.25, -0.2) is 0 Å². The van der Waals surface area contributed by atoms with Gasteiger partial charge in [0, 0.05) is 24.4 Å². The summed E-state index contributed by atoms with van der Waals surface area (Å²) < 4.78 is 5.48. The normalized spacial score (nSPS) is 21.7. The number of aliphatic hydroxyl groups excluding tert-OH is 1. The second-order valence-electron chi connectivity index (χ2n) is 5.73. The maximum atomic E-state index is 9.18. The van der Waals surface area contributed by atoms with E-state index in [0.29, 0.717) is 12.5 Å². The Bertz CT molecular complexity index is 400. The number of nitrogens with zero attached hydrogens (tertiary/aromatic N) is 1. The predicted molar refractivity (Wildman–Crippen MR) is 78.8 cm³/mol. The Hall–Kier alpha value is -1.22. The Labute approximate surface area is 116 Å². The standard InChI is InChI=1S/C16H25NO2/c1-4-19-15-7-5-14(6-8-15)17-11-9-13(10-12-18)16(17,2)3/h5-8,13,18H,4,9-12H2,1-3H3. The summed E-state index contributed by atoms with van der Waals surface area (Å²) in [7, 11) is 0. The largest absolute Gasteiger partial charge is 0.494 e. The van der Waals surface area contributed by atoms with E-state index >= 15 is 0 Å². The smallest absolute Gasteiger partial charge is 0.119 e. The van der Waals surface area contributed by atoms with Gasteiger partial charge in [0.15, 0.2) is 0 Å². The van der Waals surface area contributed by atoms with Crippen LogP contribution in [0.15, 0.2) is 24.3 Å². The van der Waals surface area contributed by atoms with E-state index in [1.807, 2.05) is 19.1 Å². The number of hydrogen-bond donors (Lipinski definition) is 1. The summed E-state index contributed by atoms with van der Waals surface area (Å²) >= 11 is 0. The van der Waals surface area contributed by atoms with Crippen molar-refractivity contribution in [2.75, 3.05) is 24.7 Å². The summed E-state index contributed by atoms with van der Waals surface area (Å²) in [5, 5.41) is 9.18. The molecule has 1 aliphatic heterocycles. The summed E-state index contributed by atoms with van der Waals surface area (Å²) in [6.45, 7) is 8.59. The molecule has 1 saturated heterocycles. The lowest BCUT2D eigenvalue weighted by Gasteiger charge is -2.37. The molecule has 3 nitrogen and oxygen atoms in total. The van der Waals surface area contributed by atoms with Crippen LogP contribution in [0.2, 0.25) is 0 Å². The molecule has 19 heavy (non-hydrogen) atoms. The highest BCUT2D eigenvalue weighted by Crippen LogP contribution is 2.40. The van der Waals surface area contributed by atoms with Gasteiger partial charge in [-0.3, -0.25) is 0 Å². The molecule has 1 aliphatic rings. The molecule has 1 unspecified atom stereocenters. The first-order chi connectivity index (χ1) is 9.09. The lowest BCUT2D eigenvalue weighted by atomic mass is 9.86. The van der Waals surface area contributed by atoms with Crippen molar-refractivity contribution >= 4 is 5.69 Å². The predicted octanol–water partition coefficient (Wildman–Crippen LogP) is 3.07. The Morgan fingerprint density at radius 2 is 2.00 bits per heavy atom. The minimum Gasteiger partial charge on any atom is -0.494 e.